The van der Waals surface area contributed by atoms with Gasteiger partial charge in [0, 0.05) is 37.8 Å². The van der Waals surface area contributed by atoms with Gasteiger partial charge in [0.1, 0.15) is 23.5 Å². The topological polar surface area (TPSA) is 117 Å². The maximum atomic E-state index is 13.1. The number of alkyl halides is 2. The molecule has 0 amide bonds. The van der Waals surface area contributed by atoms with Crippen LogP contribution >= 0.6 is 0 Å². The number of aromatic nitrogens is 5. The summed E-state index contributed by atoms with van der Waals surface area (Å²) in [6.07, 6.45) is 1.36. The van der Waals surface area contributed by atoms with Crippen molar-refractivity contribution in [2.75, 3.05) is 30.8 Å². The van der Waals surface area contributed by atoms with Gasteiger partial charge in [0.15, 0.2) is 5.65 Å². The largest absolute Gasteiger partial charge is 0.353 e. The van der Waals surface area contributed by atoms with Crippen LogP contribution in [0.15, 0.2) is 30.7 Å². The molecule has 31 heavy (non-hydrogen) atoms. The van der Waals surface area contributed by atoms with Crippen molar-refractivity contribution in [1.82, 2.24) is 34.6 Å². The van der Waals surface area contributed by atoms with Gasteiger partial charge in [0.25, 0.3) is 6.43 Å². The van der Waals surface area contributed by atoms with Crippen molar-refractivity contribution in [2.45, 2.75) is 25.4 Å². The van der Waals surface area contributed by atoms with Crippen LogP contribution in [0.25, 0.3) is 17.0 Å². The summed E-state index contributed by atoms with van der Waals surface area (Å²) in [4.78, 5) is 14.9. The first-order valence-corrected chi connectivity index (χ1v) is 11.5. The number of hydrogen-bond acceptors (Lipinski definition) is 8. The van der Waals surface area contributed by atoms with Crippen molar-refractivity contribution in [3.63, 3.8) is 0 Å². The highest BCUT2D eigenvalue weighted by Crippen LogP contribution is 2.24. The fourth-order valence-corrected chi connectivity index (χ4v) is 4.08. The van der Waals surface area contributed by atoms with E-state index in [-0.39, 0.29) is 24.3 Å². The molecule has 0 aliphatic carbocycles. The molecular weight excluding hydrogens is 430 g/mol. The van der Waals surface area contributed by atoms with E-state index in [2.05, 4.69) is 30.1 Å². The third-order valence-electron chi connectivity index (χ3n) is 4.89. The summed E-state index contributed by atoms with van der Waals surface area (Å²) in [6, 6.07) is 4.47. The molecule has 166 valence electrons. The summed E-state index contributed by atoms with van der Waals surface area (Å²) in [6.45, 7) is 3.45. The molecule has 0 radical (unpaired) electrons. The molecule has 13 heteroatoms. The van der Waals surface area contributed by atoms with Gasteiger partial charge in [-0.25, -0.2) is 41.4 Å². The Hall–Kier alpha value is -2.77. The number of nitrogens with one attached hydrogen (secondary N) is 2. The number of rotatable bonds is 6. The van der Waals surface area contributed by atoms with E-state index in [1.807, 2.05) is 11.8 Å². The summed E-state index contributed by atoms with van der Waals surface area (Å²) in [5.41, 5.74) is 1.05. The molecule has 1 aliphatic rings. The Kier molecular flexibility index (Phi) is 5.81. The third-order valence-corrected chi connectivity index (χ3v) is 5.58. The fourth-order valence-electron chi connectivity index (χ4n) is 3.58. The summed E-state index contributed by atoms with van der Waals surface area (Å²) in [5.74, 6) is 0.641. The number of nitrogens with zero attached hydrogens (tertiary/aromatic N) is 6. The number of fused-ring (bicyclic) bond motifs is 1. The van der Waals surface area contributed by atoms with Crippen LogP contribution in [0, 0.1) is 0 Å². The second kappa shape index (κ2) is 8.40. The average molecular weight is 452 g/mol. The molecule has 0 bridgehead atoms. The molecule has 4 rings (SSSR count). The normalized spacial score (nSPS) is 20.0. The van der Waals surface area contributed by atoms with Crippen LogP contribution in [0.2, 0.25) is 0 Å². The van der Waals surface area contributed by atoms with Gasteiger partial charge in [0.05, 0.1) is 18.1 Å². The zero-order chi connectivity index (χ0) is 22.2. The minimum atomic E-state index is -3.29. The van der Waals surface area contributed by atoms with Gasteiger partial charge in [-0.3, -0.25) is 0 Å². The van der Waals surface area contributed by atoms with Crippen LogP contribution in [0.5, 0.6) is 0 Å². The molecular formula is C18H22F2N8O2S. The van der Waals surface area contributed by atoms with Crippen molar-refractivity contribution in [1.29, 1.82) is 0 Å². The van der Waals surface area contributed by atoms with Crippen molar-refractivity contribution in [2.24, 2.45) is 0 Å². The molecule has 3 aromatic heterocycles. The number of imidazole rings is 1. The van der Waals surface area contributed by atoms with Gasteiger partial charge in [0.2, 0.25) is 10.0 Å². The average Bonchev–Trinajstić information content (AvgIpc) is 3.15. The zero-order valence-electron chi connectivity index (χ0n) is 16.9. The van der Waals surface area contributed by atoms with E-state index in [9.17, 15) is 17.2 Å². The maximum Gasteiger partial charge on any atom is 0.282 e. The lowest BCUT2D eigenvalue weighted by atomic mass is 10.1. The van der Waals surface area contributed by atoms with Gasteiger partial charge in [-0.2, -0.15) is 5.10 Å². The Morgan fingerprint density at radius 3 is 2.81 bits per heavy atom. The summed E-state index contributed by atoms with van der Waals surface area (Å²) in [5, 5.41) is 7.34. The molecule has 0 saturated carbocycles. The van der Waals surface area contributed by atoms with Crippen LogP contribution in [-0.4, -0.2) is 71.0 Å². The van der Waals surface area contributed by atoms with Crippen LogP contribution < -0.4 is 14.9 Å². The molecule has 3 aromatic rings. The van der Waals surface area contributed by atoms with E-state index in [4.69, 9.17) is 0 Å². The smallest absolute Gasteiger partial charge is 0.282 e. The highest BCUT2D eigenvalue weighted by molar-refractivity contribution is 7.88. The molecule has 2 N–H and O–H groups in total. The minimum Gasteiger partial charge on any atom is -0.353 e. The monoisotopic (exact) mass is 452 g/mol. The molecule has 10 nitrogen and oxygen atoms in total. The van der Waals surface area contributed by atoms with E-state index in [0.29, 0.717) is 35.9 Å². The van der Waals surface area contributed by atoms with Gasteiger partial charge < -0.3 is 10.2 Å². The Bertz CT molecular complexity index is 1190. The quantitative estimate of drug-likeness (QED) is 0.565. The lowest BCUT2D eigenvalue weighted by Crippen LogP contribution is -2.59. The number of halogens is 2. The lowest BCUT2D eigenvalue weighted by molar-refractivity contribution is 0.144. The third kappa shape index (κ3) is 4.94. The number of piperazine rings is 1. The van der Waals surface area contributed by atoms with E-state index in [1.54, 1.807) is 6.07 Å². The number of sulfonamides is 1. The van der Waals surface area contributed by atoms with Gasteiger partial charge >= 0.3 is 0 Å². The molecule has 2 unspecified atom stereocenters. The summed E-state index contributed by atoms with van der Waals surface area (Å²) < 4.78 is 52.9. The van der Waals surface area contributed by atoms with Crippen LogP contribution in [0.4, 0.5) is 14.6 Å². The van der Waals surface area contributed by atoms with E-state index in [1.165, 1.54) is 29.2 Å². The molecule has 1 fully saturated rings. The van der Waals surface area contributed by atoms with E-state index < -0.39 is 16.4 Å². The van der Waals surface area contributed by atoms with Crippen molar-refractivity contribution >= 4 is 21.5 Å². The Labute approximate surface area is 177 Å². The minimum absolute atomic E-state index is 0.101. The molecule has 2 atom stereocenters. The Balaban J connectivity index is 1.61. The zero-order valence-corrected chi connectivity index (χ0v) is 17.7. The van der Waals surface area contributed by atoms with E-state index >= 15 is 0 Å². The predicted molar refractivity (Wildman–Crippen MR) is 110 cm³/mol. The lowest BCUT2D eigenvalue weighted by Gasteiger charge is -2.38. The second-order valence-electron chi connectivity index (χ2n) is 7.52. The first kappa shape index (κ1) is 21.5. The summed E-state index contributed by atoms with van der Waals surface area (Å²) >= 11 is 0. The van der Waals surface area contributed by atoms with Gasteiger partial charge in [-0.05, 0) is 19.1 Å². The maximum absolute atomic E-state index is 13.1. The molecule has 4 heterocycles. The molecule has 1 aliphatic heterocycles. The SMILES string of the molecule is CC1CN(c2cc(-c3cnc4ccc(C(F)F)nn34)ncn2)CC(CNS(C)(=O)=O)N1. The highest BCUT2D eigenvalue weighted by Gasteiger charge is 2.26. The fraction of sp³-hybridized carbons (Fsp3) is 0.444. The van der Waals surface area contributed by atoms with Crippen molar-refractivity contribution in [3.8, 4) is 11.4 Å². The molecule has 1 saturated heterocycles. The van der Waals surface area contributed by atoms with Crippen molar-refractivity contribution < 1.29 is 17.2 Å². The van der Waals surface area contributed by atoms with Crippen LogP contribution in [0.3, 0.4) is 0 Å². The summed E-state index contributed by atoms with van der Waals surface area (Å²) in [7, 11) is -3.29. The molecule has 0 aromatic carbocycles. The first-order chi connectivity index (χ1) is 14.7. The van der Waals surface area contributed by atoms with Gasteiger partial charge in [-0.1, -0.05) is 0 Å². The predicted octanol–water partition coefficient (Wildman–Crippen LogP) is 0.840. The Morgan fingerprint density at radius 1 is 1.26 bits per heavy atom. The second-order valence-corrected chi connectivity index (χ2v) is 9.36. The molecule has 0 spiro atoms. The van der Waals surface area contributed by atoms with Gasteiger partial charge in [-0.15, -0.1) is 0 Å². The highest BCUT2D eigenvalue weighted by atomic mass is 32.2. The van der Waals surface area contributed by atoms with Crippen molar-refractivity contribution in [3.05, 3.63) is 36.4 Å². The Morgan fingerprint density at radius 2 is 2.06 bits per heavy atom. The number of anilines is 1. The van der Waals surface area contributed by atoms with Crippen LogP contribution in [-0.2, 0) is 10.0 Å². The van der Waals surface area contributed by atoms with E-state index in [0.717, 1.165) is 6.26 Å². The van der Waals surface area contributed by atoms with Crippen LogP contribution in [0.1, 0.15) is 19.0 Å². The standard InChI is InChI=1S/C18H22F2N8O2S/c1-11-8-27(9-12(25-11)6-24-31(2,29)30)17-5-14(22-10-23-17)15-7-21-16-4-3-13(18(19)20)26-28(15)16/h3-5,7,10-12,18,24-25H,6,8-9H2,1-2H3. The number of hydrogen-bond donors (Lipinski definition) is 2. The first-order valence-electron chi connectivity index (χ1n) is 9.60.